The summed E-state index contributed by atoms with van der Waals surface area (Å²) >= 11 is 0. The lowest BCUT2D eigenvalue weighted by atomic mass is 10.2. The van der Waals surface area contributed by atoms with Crippen molar-refractivity contribution in [2.45, 2.75) is 19.4 Å². The lowest BCUT2D eigenvalue weighted by Gasteiger charge is -2.07. The van der Waals surface area contributed by atoms with Crippen LogP contribution >= 0.6 is 0 Å². The van der Waals surface area contributed by atoms with Crippen molar-refractivity contribution in [1.82, 2.24) is 0 Å². The molecule has 0 saturated heterocycles. The number of nitrogens with zero attached hydrogens (tertiary/aromatic N) is 1. The standard InChI is InChI=1S/C8H15NO3/c1-8(4-2-3-6-10)12-7-5-9-11/h2-3,5,8,10-11H,4,6-7H2,1H3/t8-/m0/s1. The zero-order valence-electron chi connectivity index (χ0n) is 7.18. The van der Waals surface area contributed by atoms with Crippen LogP contribution in [-0.2, 0) is 4.74 Å². The van der Waals surface area contributed by atoms with Gasteiger partial charge in [-0.15, -0.1) is 0 Å². The molecule has 0 aromatic heterocycles. The first kappa shape index (κ1) is 11.1. The molecule has 70 valence electrons. The fourth-order valence-corrected chi connectivity index (χ4v) is 0.671. The highest BCUT2D eigenvalue weighted by atomic mass is 16.5. The molecule has 12 heavy (non-hydrogen) atoms. The van der Waals surface area contributed by atoms with Gasteiger partial charge >= 0.3 is 0 Å². The van der Waals surface area contributed by atoms with Crippen molar-refractivity contribution in [3.8, 4) is 0 Å². The first-order valence-electron chi connectivity index (χ1n) is 3.84. The van der Waals surface area contributed by atoms with E-state index in [-0.39, 0.29) is 12.7 Å². The van der Waals surface area contributed by atoms with Gasteiger partial charge in [-0.1, -0.05) is 17.3 Å². The molecule has 0 aromatic carbocycles. The predicted molar refractivity (Wildman–Crippen MR) is 46.5 cm³/mol. The number of oxime groups is 1. The van der Waals surface area contributed by atoms with E-state index in [1.165, 1.54) is 6.21 Å². The van der Waals surface area contributed by atoms with Crippen LogP contribution < -0.4 is 0 Å². The summed E-state index contributed by atoms with van der Waals surface area (Å²) in [5.41, 5.74) is 0. The molecule has 0 aliphatic rings. The first-order valence-corrected chi connectivity index (χ1v) is 3.84. The number of aliphatic hydroxyl groups excluding tert-OH is 1. The van der Waals surface area contributed by atoms with Crippen molar-refractivity contribution < 1.29 is 15.1 Å². The highest BCUT2D eigenvalue weighted by molar-refractivity contribution is 5.57. The van der Waals surface area contributed by atoms with Crippen molar-refractivity contribution in [2.75, 3.05) is 13.2 Å². The van der Waals surface area contributed by atoms with Gasteiger partial charge in [-0.3, -0.25) is 0 Å². The normalized spacial score (nSPS) is 14.5. The summed E-state index contributed by atoms with van der Waals surface area (Å²) in [6.07, 6.45) is 5.62. The van der Waals surface area contributed by atoms with Gasteiger partial charge in [0, 0.05) is 0 Å². The van der Waals surface area contributed by atoms with Crippen LogP contribution in [0.15, 0.2) is 17.3 Å². The van der Waals surface area contributed by atoms with E-state index in [2.05, 4.69) is 5.16 Å². The summed E-state index contributed by atoms with van der Waals surface area (Å²) in [5.74, 6) is 0. The molecule has 0 bridgehead atoms. The van der Waals surface area contributed by atoms with E-state index in [0.717, 1.165) is 6.42 Å². The molecule has 0 aromatic rings. The molecule has 4 nitrogen and oxygen atoms in total. The molecular formula is C8H15NO3. The number of rotatable bonds is 6. The molecule has 4 heteroatoms. The highest BCUT2D eigenvalue weighted by Gasteiger charge is 1.96. The van der Waals surface area contributed by atoms with Crippen LogP contribution in [0.3, 0.4) is 0 Å². The third-order valence-corrected chi connectivity index (χ3v) is 1.28. The molecule has 0 aliphatic carbocycles. The second kappa shape index (κ2) is 8.23. The van der Waals surface area contributed by atoms with Crippen LogP contribution in [0, 0.1) is 0 Å². The van der Waals surface area contributed by atoms with Crippen molar-refractivity contribution in [2.24, 2.45) is 5.16 Å². The number of hydrogen-bond donors (Lipinski definition) is 2. The van der Waals surface area contributed by atoms with Gasteiger partial charge in [0.05, 0.1) is 25.5 Å². The van der Waals surface area contributed by atoms with Gasteiger partial charge in [0.1, 0.15) is 0 Å². The molecule has 0 saturated carbocycles. The molecule has 0 aliphatic heterocycles. The Kier molecular flexibility index (Phi) is 7.63. The summed E-state index contributed by atoms with van der Waals surface area (Å²) in [6.45, 7) is 2.28. The Labute approximate surface area is 72.2 Å². The van der Waals surface area contributed by atoms with Gasteiger partial charge in [-0.25, -0.2) is 0 Å². The molecular weight excluding hydrogens is 158 g/mol. The Morgan fingerprint density at radius 2 is 2.25 bits per heavy atom. The largest absolute Gasteiger partial charge is 0.411 e. The molecule has 0 amide bonds. The van der Waals surface area contributed by atoms with Crippen molar-refractivity contribution in [3.63, 3.8) is 0 Å². The predicted octanol–water partition coefficient (Wildman–Crippen LogP) is 0.790. The average Bonchev–Trinajstić information content (AvgIpc) is 2.06. The lowest BCUT2D eigenvalue weighted by molar-refractivity contribution is 0.0990. The summed E-state index contributed by atoms with van der Waals surface area (Å²) in [4.78, 5) is 0. The van der Waals surface area contributed by atoms with E-state index in [9.17, 15) is 0 Å². The van der Waals surface area contributed by atoms with Crippen LogP contribution in [0.2, 0.25) is 0 Å². The third-order valence-electron chi connectivity index (χ3n) is 1.28. The SMILES string of the molecule is C[C@@H](CC=CCO)OCC=NO. The van der Waals surface area contributed by atoms with Crippen molar-refractivity contribution >= 4 is 6.21 Å². The fraction of sp³-hybridized carbons (Fsp3) is 0.625. The molecule has 0 unspecified atom stereocenters. The van der Waals surface area contributed by atoms with Crippen LogP contribution in [-0.4, -0.2) is 35.8 Å². The minimum Gasteiger partial charge on any atom is -0.411 e. The van der Waals surface area contributed by atoms with Crippen LogP contribution in [0.5, 0.6) is 0 Å². The monoisotopic (exact) mass is 173 g/mol. The summed E-state index contributed by atoms with van der Waals surface area (Å²) in [6, 6.07) is 0. The van der Waals surface area contributed by atoms with Crippen LogP contribution in [0.4, 0.5) is 0 Å². The van der Waals surface area contributed by atoms with E-state index in [0.29, 0.717) is 6.61 Å². The fourth-order valence-electron chi connectivity index (χ4n) is 0.671. The van der Waals surface area contributed by atoms with Crippen molar-refractivity contribution in [1.29, 1.82) is 0 Å². The summed E-state index contributed by atoms with van der Waals surface area (Å²) in [7, 11) is 0. The van der Waals surface area contributed by atoms with E-state index < -0.39 is 0 Å². The lowest BCUT2D eigenvalue weighted by Crippen LogP contribution is -2.08. The summed E-state index contributed by atoms with van der Waals surface area (Å²) in [5, 5.41) is 19.2. The topological polar surface area (TPSA) is 62.0 Å². The minimum atomic E-state index is 0.0603. The second-order valence-corrected chi connectivity index (χ2v) is 2.33. The maximum absolute atomic E-state index is 8.41. The Balaban J connectivity index is 3.32. The molecule has 0 fully saturated rings. The molecule has 2 N–H and O–H groups in total. The summed E-state index contributed by atoms with van der Waals surface area (Å²) < 4.78 is 5.19. The van der Waals surface area contributed by atoms with Crippen molar-refractivity contribution in [3.05, 3.63) is 12.2 Å². The van der Waals surface area contributed by atoms with E-state index in [1.807, 2.05) is 13.0 Å². The van der Waals surface area contributed by atoms with Gasteiger partial charge in [-0.05, 0) is 13.3 Å². The molecule has 1 atom stereocenters. The van der Waals surface area contributed by atoms with E-state index in [4.69, 9.17) is 15.1 Å². The average molecular weight is 173 g/mol. The van der Waals surface area contributed by atoms with E-state index in [1.54, 1.807) is 6.08 Å². The zero-order valence-corrected chi connectivity index (χ0v) is 7.18. The van der Waals surface area contributed by atoms with Gasteiger partial charge in [0.25, 0.3) is 0 Å². The number of ether oxygens (including phenoxy) is 1. The molecule has 0 spiro atoms. The van der Waals surface area contributed by atoms with Gasteiger partial charge < -0.3 is 15.1 Å². The van der Waals surface area contributed by atoms with Gasteiger partial charge in [0.2, 0.25) is 0 Å². The minimum absolute atomic E-state index is 0.0603. The molecule has 0 rings (SSSR count). The third kappa shape index (κ3) is 7.24. The Hall–Kier alpha value is -0.870. The van der Waals surface area contributed by atoms with Crippen LogP contribution in [0.1, 0.15) is 13.3 Å². The smallest absolute Gasteiger partial charge is 0.0855 e. The highest BCUT2D eigenvalue weighted by Crippen LogP contribution is 1.97. The first-order chi connectivity index (χ1) is 5.81. The van der Waals surface area contributed by atoms with Crippen LogP contribution in [0.25, 0.3) is 0 Å². The zero-order chi connectivity index (χ0) is 9.23. The van der Waals surface area contributed by atoms with E-state index >= 15 is 0 Å². The van der Waals surface area contributed by atoms with Gasteiger partial charge in [0.15, 0.2) is 0 Å². The molecule has 0 heterocycles. The Morgan fingerprint density at radius 1 is 1.50 bits per heavy atom. The molecule has 0 radical (unpaired) electrons. The second-order valence-electron chi connectivity index (χ2n) is 2.33. The maximum Gasteiger partial charge on any atom is 0.0855 e. The Morgan fingerprint density at radius 3 is 2.83 bits per heavy atom. The Bertz CT molecular complexity index is 145. The number of hydrogen-bond acceptors (Lipinski definition) is 4. The quantitative estimate of drug-likeness (QED) is 0.270. The van der Waals surface area contributed by atoms with Gasteiger partial charge in [-0.2, -0.15) is 0 Å². The maximum atomic E-state index is 8.41. The number of aliphatic hydroxyl groups is 1.